The van der Waals surface area contributed by atoms with Gasteiger partial charge in [-0.1, -0.05) is 18.2 Å². The molecule has 0 spiro atoms. The number of anilines is 1. The second kappa shape index (κ2) is 5.46. The number of amides is 1. The van der Waals surface area contributed by atoms with Gasteiger partial charge in [0.05, 0.1) is 17.7 Å². The van der Waals surface area contributed by atoms with E-state index in [0.29, 0.717) is 24.5 Å². The zero-order valence-corrected chi connectivity index (χ0v) is 10.1. The molecule has 18 heavy (non-hydrogen) atoms. The predicted molar refractivity (Wildman–Crippen MR) is 70.4 cm³/mol. The largest absolute Gasteiger partial charge is 0.384 e. The highest BCUT2D eigenvalue weighted by Gasteiger charge is 2.11. The molecule has 0 bridgehead atoms. The summed E-state index contributed by atoms with van der Waals surface area (Å²) < 4.78 is 4.89. The monoisotopic (exact) mass is 245 g/mol. The second-order valence-corrected chi connectivity index (χ2v) is 3.86. The molecule has 0 saturated carbocycles. The van der Waals surface area contributed by atoms with E-state index in [9.17, 15) is 4.79 Å². The maximum absolute atomic E-state index is 12.0. The minimum Gasteiger partial charge on any atom is -0.384 e. The molecule has 1 heterocycles. The van der Waals surface area contributed by atoms with Crippen molar-refractivity contribution in [1.82, 2.24) is 10.3 Å². The summed E-state index contributed by atoms with van der Waals surface area (Å²) in [5, 5.41) is 3.57. The van der Waals surface area contributed by atoms with Gasteiger partial charge < -0.3 is 15.8 Å². The third kappa shape index (κ3) is 2.57. The molecule has 94 valence electrons. The number of rotatable bonds is 4. The number of ether oxygens (including phenoxy) is 1. The van der Waals surface area contributed by atoms with Crippen molar-refractivity contribution in [3.8, 4) is 0 Å². The second-order valence-electron chi connectivity index (χ2n) is 3.86. The molecule has 3 N–H and O–H groups in total. The lowest BCUT2D eigenvalue weighted by atomic mass is 10.1. The van der Waals surface area contributed by atoms with Crippen LogP contribution in [0.4, 0.5) is 5.82 Å². The third-order valence-electron chi connectivity index (χ3n) is 2.57. The smallest absolute Gasteiger partial charge is 0.252 e. The summed E-state index contributed by atoms with van der Waals surface area (Å²) >= 11 is 0. The zero-order valence-electron chi connectivity index (χ0n) is 10.1. The molecule has 0 unspecified atom stereocenters. The molecule has 0 radical (unpaired) electrons. The quantitative estimate of drug-likeness (QED) is 0.793. The van der Waals surface area contributed by atoms with E-state index in [1.807, 2.05) is 24.3 Å². The molecule has 1 amide bonds. The minimum absolute atomic E-state index is 0.169. The lowest BCUT2D eigenvalue weighted by Gasteiger charge is -2.08. The molecule has 5 nitrogen and oxygen atoms in total. The fourth-order valence-electron chi connectivity index (χ4n) is 1.75. The van der Waals surface area contributed by atoms with E-state index < -0.39 is 0 Å². The van der Waals surface area contributed by atoms with E-state index in [-0.39, 0.29) is 5.91 Å². The predicted octanol–water partition coefficient (Wildman–Crippen LogP) is 1.19. The Hall–Kier alpha value is -2.14. The average Bonchev–Trinajstić information content (AvgIpc) is 2.38. The Labute approximate surface area is 105 Å². The van der Waals surface area contributed by atoms with Crippen LogP contribution < -0.4 is 11.1 Å². The van der Waals surface area contributed by atoms with Gasteiger partial charge in [-0.3, -0.25) is 4.79 Å². The van der Waals surface area contributed by atoms with Gasteiger partial charge in [0.25, 0.3) is 5.91 Å². The zero-order chi connectivity index (χ0) is 13.0. The number of methoxy groups -OCH3 is 1. The minimum atomic E-state index is -0.169. The van der Waals surface area contributed by atoms with Crippen molar-refractivity contribution in [2.45, 2.75) is 0 Å². The van der Waals surface area contributed by atoms with Crippen LogP contribution in [-0.4, -0.2) is 31.2 Å². The van der Waals surface area contributed by atoms with Crippen LogP contribution in [-0.2, 0) is 4.74 Å². The molecular formula is C13H15N3O2. The van der Waals surface area contributed by atoms with Gasteiger partial charge in [-0.2, -0.15) is 0 Å². The first-order valence-electron chi connectivity index (χ1n) is 5.65. The number of carbonyl (C=O) groups excluding carboxylic acids is 1. The molecule has 2 rings (SSSR count). The molecule has 1 aromatic heterocycles. The van der Waals surface area contributed by atoms with Gasteiger partial charge >= 0.3 is 0 Å². The van der Waals surface area contributed by atoms with Crippen molar-refractivity contribution >= 4 is 22.6 Å². The molecule has 0 atom stereocenters. The lowest BCUT2D eigenvalue weighted by molar-refractivity contribution is 0.0938. The van der Waals surface area contributed by atoms with E-state index in [1.165, 1.54) is 0 Å². The van der Waals surface area contributed by atoms with Gasteiger partial charge in [0, 0.05) is 19.0 Å². The Morgan fingerprint density at radius 1 is 1.44 bits per heavy atom. The summed E-state index contributed by atoms with van der Waals surface area (Å²) in [6.07, 6.45) is 0. The number of pyridine rings is 1. The Bertz CT molecular complexity index is 569. The van der Waals surface area contributed by atoms with E-state index in [0.717, 1.165) is 10.9 Å². The molecule has 0 aliphatic carbocycles. The molecule has 0 aliphatic heterocycles. The number of fused-ring (bicyclic) bond motifs is 1. The lowest BCUT2D eigenvalue weighted by Crippen LogP contribution is -2.27. The summed E-state index contributed by atoms with van der Waals surface area (Å²) in [7, 11) is 1.59. The summed E-state index contributed by atoms with van der Waals surface area (Å²) in [4.78, 5) is 16.2. The van der Waals surface area contributed by atoms with Gasteiger partial charge in [0.15, 0.2) is 0 Å². The number of hydrogen-bond donors (Lipinski definition) is 2. The number of carbonyl (C=O) groups is 1. The normalized spacial score (nSPS) is 10.5. The van der Waals surface area contributed by atoms with Crippen molar-refractivity contribution in [3.05, 3.63) is 35.9 Å². The fraction of sp³-hybridized carbons (Fsp3) is 0.231. The number of nitrogen functional groups attached to an aromatic ring is 1. The summed E-state index contributed by atoms with van der Waals surface area (Å²) in [5.41, 5.74) is 6.95. The molecule has 0 aliphatic rings. The van der Waals surface area contributed by atoms with Gasteiger partial charge in [-0.15, -0.1) is 0 Å². The van der Waals surface area contributed by atoms with Gasteiger partial charge in [-0.05, 0) is 12.1 Å². The number of nitrogens with one attached hydrogen (secondary N) is 1. The Morgan fingerprint density at radius 3 is 3.00 bits per heavy atom. The van der Waals surface area contributed by atoms with Gasteiger partial charge in [-0.25, -0.2) is 4.98 Å². The van der Waals surface area contributed by atoms with Crippen LogP contribution in [0, 0.1) is 0 Å². The van der Waals surface area contributed by atoms with Crippen LogP contribution >= 0.6 is 0 Å². The molecule has 0 saturated heterocycles. The van der Waals surface area contributed by atoms with Crippen molar-refractivity contribution in [2.24, 2.45) is 0 Å². The average molecular weight is 245 g/mol. The van der Waals surface area contributed by atoms with E-state index in [2.05, 4.69) is 10.3 Å². The van der Waals surface area contributed by atoms with E-state index in [4.69, 9.17) is 10.5 Å². The Kier molecular flexibility index (Phi) is 3.74. The molecule has 1 aromatic carbocycles. The highest BCUT2D eigenvalue weighted by Crippen LogP contribution is 2.19. The summed E-state index contributed by atoms with van der Waals surface area (Å²) in [6.45, 7) is 0.941. The first-order chi connectivity index (χ1) is 8.72. The van der Waals surface area contributed by atoms with Crippen LogP contribution in [0.25, 0.3) is 10.9 Å². The molecule has 5 heteroatoms. The number of aromatic nitrogens is 1. The SMILES string of the molecule is COCCNC(=O)c1cc(N)nc2ccccc12. The van der Waals surface area contributed by atoms with Crippen LogP contribution in [0.2, 0.25) is 0 Å². The first kappa shape index (κ1) is 12.3. The number of para-hydroxylation sites is 1. The maximum Gasteiger partial charge on any atom is 0.252 e. The summed E-state index contributed by atoms with van der Waals surface area (Å²) in [5.74, 6) is 0.169. The van der Waals surface area contributed by atoms with Gasteiger partial charge in [0.2, 0.25) is 0 Å². The standard InChI is InChI=1S/C13H15N3O2/c1-18-7-6-15-13(17)10-8-12(14)16-11-5-3-2-4-9(10)11/h2-5,8H,6-7H2,1H3,(H2,14,16)(H,15,17). The number of nitrogens with zero attached hydrogens (tertiary/aromatic N) is 1. The molecule has 0 fully saturated rings. The van der Waals surface area contributed by atoms with E-state index >= 15 is 0 Å². The molecular weight excluding hydrogens is 230 g/mol. The van der Waals surface area contributed by atoms with E-state index in [1.54, 1.807) is 13.2 Å². The summed E-state index contributed by atoms with van der Waals surface area (Å²) in [6, 6.07) is 9.00. The van der Waals surface area contributed by atoms with Gasteiger partial charge in [0.1, 0.15) is 5.82 Å². The maximum atomic E-state index is 12.0. The Balaban J connectivity index is 2.34. The topological polar surface area (TPSA) is 77.2 Å². The van der Waals surface area contributed by atoms with Crippen LogP contribution in [0.3, 0.4) is 0 Å². The van der Waals surface area contributed by atoms with Crippen LogP contribution in [0.5, 0.6) is 0 Å². The fourth-order valence-corrected chi connectivity index (χ4v) is 1.75. The van der Waals surface area contributed by atoms with Crippen molar-refractivity contribution in [2.75, 3.05) is 26.0 Å². The Morgan fingerprint density at radius 2 is 2.22 bits per heavy atom. The van der Waals surface area contributed by atoms with Crippen LogP contribution in [0.1, 0.15) is 10.4 Å². The third-order valence-corrected chi connectivity index (χ3v) is 2.57. The molecule has 2 aromatic rings. The number of benzene rings is 1. The van der Waals surface area contributed by atoms with Crippen molar-refractivity contribution < 1.29 is 9.53 Å². The van der Waals surface area contributed by atoms with Crippen LogP contribution in [0.15, 0.2) is 30.3 Å². The van der Waals surface area contributed by atoms with Crippen molar-refractivity contribution in [3.63, 3.8) is 0 Å². The first-order valence-corrected chi connectivity index (χ1v) is 5.65. The number of hydrogen-bond acceptors (Lipinski definition) is 4. The highest BCUT2D eigenvalue weighted by atomic mass is 16.5. The highest BCUT2D eigenvalue weighted by molar-refractivity contribution is 6.06. The number of nitrogens with two attached hydrogens (primary N) is 1. The van der Waals surface area contributed by atoms with Crippen molar-refractivity contribution in [1.29, 1.82) is 0 Å².